The number of nitrogens with one attached hydrogen (secondary N) is 1. The van der Waals surface area contributed by atoms with Gasteiger partial charge < -0.3 is 14.8 Å². The number of rotatable bonds is 8. The van der Waals surface area contributed by atoms with Crippen molar-refractivity contribution in [1.29, 1.82) is 5.26 Å². The molecular formula is C28H35N7O4S. The third-order valence-corrected chi connectivity index (χ3v) is 9.45. The largest absolute Gasteiger partial charge is 0.454 e. The van der Waals surface area contributed by atoms with Gasteiger partial charge in [-0.1, -0.05) is 18.2 Å². The van der Waals surface area contributed by atoms with Gasteiger partial charge in [0.15, 0.2) is 5.75 Å². The standard InChI is InChI=1S/C28H35N7O4S/c1-40(36,37)34-14-12-33(13-15-34)28(10-3-2-4-22(28)19-29)31-26-18-24(7-11-30-26)39-25-20-35(23-5-6-23)32-27(25)21-8-16-38-17-9-21/h2-4,7,10-11,18,20-23H,5-6,8-9,12-17H2,1H3,(H,30,31). The van der Waals surface area contributed by atoms with Gasteiger partial charge in [-0.15, -0.1) is 0 Å². The number of anilines is 1. The first-order chi connectivity index (χ1) is 19.4. The van der Waals surface area contributed by atoms with E-state index in [1.807, 2.05) is 47.3 Å². The Kier molecular flexibility index (Phi) is 7.39. The number of pyridine rings is 1. The van der Waals surface area contributed by atoms with Crippen LogP contribution in [0.5, 0.6) is 11.5 Å². The van der Waals surface area contributed by atoms with Gasteiger partial charge >= 0.3 is 0 Å². The van der Waals surface area contributed by atoms with Gasteiger partial charge in [0.2, 0.25) is 10.0 Å². The average molecular weight is 566 g/mol. The first-order valence-electron chi connectivity index (χ1n) is 13.9. The summed E-state index contributed by atoms with van der Waals surface area (Å²) in [7, 11) is -3.28. The fraction of sp³-hybridized carbons (Fsp3) is 0.536. The van der Waals surface area contributed by atoms with Gasteiger partial charge in [-0.25, -0.2) is 13.4 Å². The molecule has 2 aromatic rings. The summed E-state index contributed by atoms with van der Waals surface area (Å²) >= 11 is 0. The van der Waals surface area contributed by atoms with E-state index in [0.717, 1.165) is 50.3 Å². The number of aromatic nitrogens is 3. The average Bonchev–Trinajstić information content (AvgIpc) is 3.74. The van der Waals surface area contributed by atoms with Crippen LogP contribution in [-0.4, -0.2) is 83.7 Å². The third kappa shape index (κ3) is 5.51. The summed E-state index contributed by atoms with van der Waals surface area (Å²) < 4.78 is 39.7. The highest BCUT2D eigenvalue weighted by molar-refractivity contribution is 7.88. The Balaban J connectivity index is 1.26. The van der Waals surface area contributed by atoms with Crippen molar-refractivity contribution in [2.75, 3.05) is 51.0 Å². The first-order valence-corrected chi connectivity index (χ1v) is 15.8. The normalized spacial score (nSPS) is 26.4. The highest BCUT2D eigenvalue weighted by Crippen LogP contribution is 2.41. The second kappa shape index (κ2) is 11.0. The molecule has 1 N–H and O–H groups in total. The highest BCUT2D eigenvalue weighted by atomic mass is 32.2. The molecule has 3 fully saturated rings. The molecule has 11 nitrogen and oxygen atoms in total. The number of hydrogen-bond donors (Lipinski definition) is 1. The third-order valence-electron chi connectivity index (χ3n) is 8.15. The molecule has 12 heteroatoms. The van der Waals surface area contributed by atoms with Gasteiger partial charge in [-0.05, 0) is 37.8 Å². The van der Waals surface area contributed by atoms with Crippen molar-refractivity contribution in [3.8, 4) is 17.6 Å². The van der Waals surface area contributed by atoms with Crippen LogP contribution in [0.4, 0.5) is 5.82 Å². The molecule has 2 atom stereocenters. The molecule has 1 saturated carbocycles. The summed E-state index contributed by atoms with van der Waals surface area (Å²) in [6, 6.07) is 6.53. The molecular weight excluding hydrogens is 530 g/mol. The zero-order valence-electron chi connectivity index (χ0n) is 22.6. The van der Waals surface area contributed by atoms with E-state index in [-0.39, 0.29) is 0 Å². The van der Waals surface area contributed by atoms with Gasteiger partial charge in [0, 0.05) is 57.6 Å². The lowest BCUT2D eigenvalue weighted by molar-refractivity contribution is 0.0839. The van der Waals surface area contributed by atoms with Gasteiger partial charge in [0.05, 0.1) is 24.6 Å². The molecule has 0 aromatic carbocycles. The molecule has 4 heterocycles. The summed E-state index contributed by atoms with van der Waals surface area (Å²) in [6.45, 7) is 3.12. The number of ether oxygens (including phenoxy) is 2. The smallest absolute Gasteiger partial charge is 0.211 e. The van der Waals surface area contributed by atoms with Crippen LogP contribution in [0.1, 0.15) is 43.3 Å². The Labute approximate surface area is 235 Å². The predicted octanol–water partition coefficient (Wildman–Crippen LogP) is 3.25. The Hall–Kier alpha value is -3.24. The molecule has 0 amide bonds. The fourth-order valence-electron chi connectivity index (χ4n) is 5.78. The van der Waals surface area contributed by atoms with E-state index in [9.17, 15) is 13.7 Å². The summed E-state index contributed by atoms with van der Waals surface area (Å²) in [5.41, 5.74) is 0.0923. The number of sulfonamides is 1. The molecule has 0 radical (unpaired) electrons. The zero-order valence-corrected chi connectivity index (χ0v) is 23.5. The van der Waals surface area contributed by atoms with Gasteiger partial charge in [-0.2, -0.15) is 14.7 Å². The van der Waals surface area contributed by atoms with Crippen LogP contribution < -0.4 is 10.1 Å². The topological polar surface area (TPSA) is 126 Å². The van der Waals surface area contributed by atoms with E-state index >= 15 is 0 Å². The maximum atomic E-state index is 12.1. The van der Waals surface area contributed by atoms with Gasteiger partial charge in [0.25, 0.3) is 0 Å². The van der Waals surface area contributed by atoms with E-state index in [2.05, 4.69) is 21.3 Å². The number of piperazine rings is 1. The molecule has 0 bridgehead atoms. The van der Waals surface area contributed by atoms with Crippen molar-refractivity contribution in [2.45, 2.75) is 43.3 Å². The van der Waals surface area contributed by atoms with Crippen LogP contribution in [0.15, 0.2) is 48.8 Å². The summed E-state index contributed by atoms with van der Waals surface area (Å²) in [5, 5.41) is 18.5. The minimum atomic E-state index is -3.28. The molecule has 212 valence electrons. The van der Waals surface area contributed by atoms with Crippen molar-refractivity contribution in [3.63, 3.8) is 0 Å². The zero-order chi connectivity index (χ0) is 27.7. The highest BCUT2D eigenvalue weighted by Gasteiger charge is 2.44. The molecule has 40 heavy (non-hydrogen) atoms. The molecule has 6 rings (SSSR count). The Bertz CT molecular complexity index is 1430. The SMILES string of the molecule is CS(=O)(=O)N1CCN(C2(Nc3cc(Oc4cn(C5CC5)nc4C4CCOCC4)ccn3)C=CC=CC2C#N)CC1. The number of allylic oxidation sites excluding steroid dienone is 2. The van der Waals surface area contributed by atoms with Crippen molar-refractivity contribution in [1.82, 2.24) is 24.0 Å². The van der Waals surface area contributed by atoms with E-state index in [1.165, 1.54) is 10.6 Å². The lowest BCUT2D eigenvalue weighted by Gasteiger charge is -2.48. The number of nitriles is 1. The van der Waals surface area contributed by atoms with Crippen molar-refractivity contribution in [2.24, 2.45) is 5.92 Å². The molecule has 2 aliphatic carbocycles. The van der Waals surface area contributed by atoms with Gasteiger partial charge in [0.1, 0.15) is 28.8 Å². The first kappa shape index (κ1) is 27.0. The summed E-state index contributed by atoms with van der Waals surface area (Å²) in [6.07, 6.45) is 16.7. The van der Waals surface area contributed by atoms with Crippen molar-refractivity contribution in [3.05, 3.63) is 54.5 Å². The molecule has 0 spiro atoms. The number of nitrogens with zero attached hydrogens (tertiary/aromatic N) is 6. The Morgan fingerprint density at radius 3 is 2.62 bits per heavy atom. The minimum Gasteiger partial charge on any atom is -0.454 e. The van der Waals surface area contributed by atoms with Crippen molar-refractivity contribution < 1.29 is 17.9 Å². The van der Waals surface area contributed by atoms with E-state index in [4.69, 9.17) is 14.6 Å². The maximum absolute atomic E-state index is 12.1. The Morgan fingerprint density at radius 1 is 1.15 bits per heavy atom. The maximum Gasteiger partial charge on any atom is 0.211 e. The van der Waals surface area contributed by atoms with Crippen LogP contribution in [0.25, 0.3) is 0 Å². The lowest BCUT2D eigenvalue weighted by Crippen LogP contribution is -2.63. The molecule has 2 aromatic heterocycles. The number of hydrogen-bond acceptors (Lipinski definition) is 9. The van der Waals surface area contributed by atoms with Crippen LogP contribution in [0.2, 0.25) is 0 Å². The second-order valence-electron chi connectivity index (χ2n) is 10.9. The van der Waals surface area contributed by atoms with E-state index in [0.29, 0.717) is 49.7 Å². The second-order valence-corrected chi connectivity index (χ2v) is 12.9. The lowest BCUT2D eigenvalue weighted by atomic mass is 9.87. The molecule has 4 aliphatic rings. The van der Waals surface area contributed by atoms with Crippen LogP contribution in [0.3, 0.4) is 0 Å². The van der Waals surface area contributed by atoms with Gasteiger partial charge in [-0.3, -0.25) is 9.58 Å². The van der Waals surface area contributed by atoms with Crippen molar-refractivity contribution >= 4 is 15.8 Å². The summed E-state index contributed by atoms with van der Waals surface area (Å²) in [5.74, 6) is 1.74. The van der Waals surface area contributed by atoms with E-state index in [1.54, 1.807) is 6.20 Å². The molecule has 2 saturated heterocycles. The summed E-state index contributed by atoms with van der Waals surface area (Å²) in [4.78, 5) is 6.69. The fourth-order valence-corrected chi connectivity index (χ4v) is 6.61. The van der Waals surface area contributed by atoms with Crippen LogP contribution in [-0.2, 0) is 14.8 Å². The minimum absolute atomic E-state index is 0.299. The molecule has 2 unspecified atom stereocenters. The predicted molar refractivity (Wildman–Crippen MR) is 149 cm³/mol. The van der Waals surface area contributed by atoms with Crippen LogP contribution in [0, 0.1) is 17.2 Å². The molecule has 2 aliphatic heterocycles. The van der Waals surface area contributed by atoms with Crippen LogP contribution >= 0.6 is 0 Å². The Morgan fingerprint density at radius 2 is 1.93 bits per heavy atom. The monoisotopic (exact) mass is 565 g/mol. The quantitative estimate of drug-likeness (QED) is 0.513. The van der Waals surface area contributed by atoms with E-state index < -0.39 is 21.6 Å².